The second kappa shape index (κ2) is 6.17. The van der Waals surface area contributed by atoms with Gasteiger partial charge in [-0.25, -0.2) is 4.39 Å². The molecule has 1 aromatic rings. The SMILES string of the molecule is CCOc1ccc(N(C)C(=O)C(C)C(=O)O)cc1F. The number of halogens is 1. The Hall–Kier alpha value is -2.11. The molecule has 0 aliphatic heterocycles. The molecule has 0 saturated carbocycles. The van der Waals surface area contributed by atoms with Crippen LogP contribution >= 0.6 is 0 Å². The summed E-state index contributed by atoms with van der Waals surface area (Å²) in [5.41, 5.74) is 0.277. The van der Waals surface area contributed by atoms with Gasteiger partial charge in [-0.2, -0.15) is 0 Å². The van der Waals surface area contributed by atoms with Gasteiger partial charge in [-0.15, -0.1) is 0 Å². The molecular formula is C13H16FNO4. The molecule has 0 aliphatic carbocycles. The molecule has 19 heavy (non-hydrogen) atoms. The lowest BCUT2D eigenvalue weighted by atomic mass is 10.1. The summed E-state index contributed by atoms with van der Waals surface area (Å²) >= 11 is 0. The predicted octanol–water partition coefficient (Wildman–Crippen LogP) is 1.91. The average molecular weight is 269 g/mol. The molecule has 1 atom stereocenters. The van der Waals surface area contributed by atoms with E-state index in [9.17, 15) is 14.0 Å². The Morgan fingerprint density at radius 1 is 1.47 bits per heavy atom. The summed E-state index contributed by atoms with van der Waals surface area (Å²) in [5, 5.41) is 8.78. The second-order valence-corrected chi connectivity index (χ2v) is 4.00. The van der Waals surface area contributed by atoms with Crippen LogP contribution in [0.1, 0.15) is 13.8 Å². The topological polar surface area (TPSA) is 66.8 Å². The van der Waals surface area contributed by atoms with Crippen LogP contribution in [0.3, 0.4) is 0 Å². The third-order valence-electron chi connectivity index (χ3n) is 2.67. The monoisotopic (exact) mass is 269 g/mol. The number of hydrogen-bond acceptors (Lipinski definition) is 3. The number of carboxylic acid groups (broad SMARTS) is 1. The van der Waals surface area contributed by atoms with Crippen LogP contribution in [-0.4, -0.2) is 30.6 Å². The van der Waals surface area contributed by atoms with Crippen molar-refractivity contribution < 1.29 is 23.8 Å². The number of carboxylic acids is 1. The van der Waals surface area contributed by atoms with E-state index in [-0.39, 0.29) is 11.4 Å². The summed E-state index contributed by atoms with van der Waals surface area (Å²) in [5.74, 6) is -3.51. The van der Waals surface area contributed by atoms with Crippen molar-refractivity contribution in [3.63, 3.8) is 0 Å². The summed E-state index contributed by atoms with van der Waals surface area (Å²) in [6.07, 6.45) is 0. The molecule has 0 radical (unpaired) electrons. The van der Waals surface area contributed by atoms with Crippen LogP contribution in [0.4, 0.5) is 10.1 Å². The average Bonchev–Trinajstić information content (AvgIpc) is 2.38. The van der Waals surface area contributed by atoms with Crippen LogP contribution < -0.4 is 9.64 Å². The highest BCUT2D eigenvalue weighted by molar-refractivity contribution is 6.05. The molecule has 0 fully saturated rings. The minimum atomic E-state index is -1.22. The fourth-order valence-corrected chi connectivity index (χ4v) is 1.49. The number of carbonyl (C=O) groups excluding carboxylic acids is 1. The number of aliphatic carboxylic acids is 1. The maximum absolute atomic E-state index is 13.6. The lowest BCUT2D eigenvalue weighted by Gasteiger charge is -2.20. The zero-order valence-electron chi connectivity index (χ0n) is 11.0. The Labute approximate surface area is 110 Å². The van der Waals surface area contributed by atoms with Crippen LogP contribution in [-0.2, 0) is 9.59 Å². The highest BCUT2D eigenvalue weighted by Crippen LogP contribution is 2.24. The third kappa shape index (κ3) is 3.43. The number of rotatable bonds is 5. The van der Waals surface area contributed by atoms with Gasteiger partial charge in [0.1, 0.15) is 5.92 Å². The third-order valence-corrected chi connectivity index (χ3v) is 2.67. The Morgan fingerprint density at radius 2 is 2.11 bits per heavy atom. The summed E-state index contributed by atoms with van der Waals surface area (Å²) in [6, 6.07) is 4.04. The van der Waals surface area contributed by atoms with Crippen LogP contribution in [0.15, 0.2) is 18.2 Å². The van der Waals surface area contributed by atoms with E-state index in [4.69, 9.17) is 9.84 Å². The van der Waals surface area contributed by atoms with Gasteiger partial charge < -0.3 is 14.7 Å². The number of ether oxygens (including phenoxy) is 1. The summed E-state index contributed by atoms with van der Waals surface area (Å²) in [6.45, 7) is 3.35. The largest absolute Gasteiger partial charge is 0.491 e. The number of nitrogens with zero attached hydrogens (tertiary/aromatic N) is 1. The summed E-state index contributed by atoms with van der Waals surface area (Å²) in [7, 11) is 1.40. The predicted molar refractivity (Wildman–Crippen MR) is 67.8 cm³/mol. The fourth-order valence-electron chi connectivity index (χ4n) is 1.49. The fraction of sp³-hybridized carbons (Fsp3) is 0.385. The molecule has 0 saturated heterocycles. The molecule has 5 nitrogen and oxygen atoms in total. The van der Waals surface area contributed by atoms with Gasteiger partial charge in [0.2, 0.25) is 5.91 Å². The molecule has 0 spiro atoms. The van der Waals surface area contributed by atoms with Crippen molar-refractivity contribution in [2.24, 2.45) is 5.92 Å². The normalized spacial score (nSPS) is 11.8. The smallest absolute Gasteiger partial charge is 0.315 e. The molecular weight excluding hydrogens is 253 g/mol. The second-order valence-electron chi connectivity index (χ2n) is 4.00. The Bertz CT molecular complexity index is 490. The van der Waals surface area contributed by atoms with Gasteiger partial charge in [-0.1, -0.05) is 0 Å². The Morgan fingerprint density at radius 3 is 2.58 bits per heavy atom. The van der Waals surface area contributed by atoms with Crippen LogP contribution in [0, 0.1) is 11.7 Å². The molecule has 1 amide bonds. The number of anilines is 1. The highest BCUT2D eigenvalue weighted by atomic mass is 19.1. The van der Waals surface area contributed by atoms with Crippen molar-refractivity contribution in [1.29, 1.82) is 0 Å². The summed E-state index contributed by atoms with van der Waals surface area (Å²) < 4.78 is 18.7. The number of carbonyl (C=O) groups is 2. The zero-order valence-corrected chi connectivity index (χ0v) is 11.0. The van der Waals surface area contributed by atoms with E-state index < -0.39 is 23.6 Å². The first-order valence-corrected chi connectivity index (χ1v) is 5.81. The van der Waals surface area contributed by atoms with Gasteiger partial charge in [0.25, 0.3) is 0 Å². The van der Waals surface area contributed by atoms with Gasteiger partial charge in [0.05, 0.1) is 6.61 Å². The molecule has 0 heterocycles. The molecule has 0 aromatic heterocycles. The van der Waals surface area contributed by atoms with E-state index in [1.54, 1.807) is 6.92 Å². The standard InChI is InChI=1S/C13H16FNO4/c1-4-19-11-6-5-9(7-10(11)14)15(3)12(16)8(2)13(17)18/h5-8H,4H2,1-3H3,(H,17,18). The van der Waals surface area contributed by atoms with Crippen LogP contribution in [0.5, 0.6) is 5.75 Å². The van der Waals surface area contributed by atoms with E-state index in [1.807, 2.05) is 0 Å². The number of hydrogen-bond donors (Lipinski definition) is 1. The first kappa shape index (κ1) is 14.9. The number of amides is 1. The van der Waals surface area contributed by atoms with E-state index in [0.29, 0.717) is 6.61 Å². The van der Waals surface area contributed by atoms with Crippen LogP contribution in [0.2, 0.25) is 0 Å². The minimum Gasteiger partial charge on any atom is -0.491 e. The van der Waals surface area contributed by atoms with Crippen molar-refractivity contribution in [1.82, 2.24) is 0 Å². The molecule has 1 unspecified atom stereocenters. The van der Waals surface area contributed by atoms with E-state index in [0.717, 1.165) is 11.0 Å². The summed E-state index contributed by atoms with van der Waals surface area (Å²) in [4.78, 5) is 23.6. The highest BCUT2D eigenvalue weighted by Gasteiger charge is 2.25. The van der Waals surface area contributed by atoms with Gasteiger partial charge in [0, 0.05) is 18.8 Å². The first-order chi connectivity index (χ1) is 8.88. The van der Waals surface area contributed by atoms with Gasteiger partial charge in [-0.3, -0.25) is 9.59 Å². The zero-order chi connectivity index (χ0) is 14.6. The lowest BCUT2D eigenvalue weighted by molar-refractivity contribution is -0.145. The molecule has 1 rings (SSSR count). The molecule has 6 heteroatoms. The molecule has 0 aliphatic rings. The molecule has 104 valence electrons. The van der Waals surface area contributed by atoms with Gasteiger partial charge in [-0.05, 0) is 26.0 Å². The minimum absolute atomic E-state index is 0.0957. The van der Waals surface area contributed by atoms with E-state index >= 15 is 0 Å². The van der Waals surface area contributed by atoms with Crippen molar-refractivity contribution in [2.45, 2.75) is 13.8 Å². The maximum Gasteiger partial charge on any atom is 0.315 e. The Balaban J connectivity index is 2.94. The van der Waals surface area contributed by atoms with Gasteiger partial charge >= 0.3 is 5.97 Å². The van der Waals surface area contributed by atoms with Gasteiger partial charge in [0.15, 0.2) is 11.6 Å². The number of benzene rings is 1. The lowest BCUT2D eigenvalue weighted by Crippen LogP contribution is -2.35. The van der Waals surface area contributed by atoms with Crippen molar-refractivity contribution >= 4 is 17.6 Å². The Kier molecular flexibility index (Phi) is 4.86. The van der Waals surface area contributed by atoms with Crippen molar-refractivity contribution in [3.05, 3.63) is 24.0 Å². The maximum atomic E-state index is 13.6. The van der Waals surface area contributed by atoms with Crippen molar-refractivity contribution in [2.75, 3.05) is 18.6 Å². The van der Waals surface area contributed by atoms with Crippen molar-refractivity contribution in [3.8, 4) is 5.75 Å². The van der Waals surface area contributed by atoms with Crippen LogP contribution in [0.25, 0.3) is 0 Å². The molecule has 1 N–H and O–H groups in total. The van der Waals surface area contributed by atoms with E-state index in [1.165, 1.54) is 26.1 Å². The molecule has 0 bridgehead atoms. The quantitative estimate of drug-likeness (QED) is 0.829. The molecule has 1 aromatic carbocycles. The van der Waals surface area contributed by atoms with E-state index in [2.05, 4.69) is 0 Å². The first-order valence-electron chi connectivity index (χ1n) is 5.81.